The summed E-state index contributed by atoms with van der Waals surface area (Å²) >= 11 is 13.2. The normalized spacial score (nSPS) is 15.1. The van der Waals surface area contributed by atoms with Gasteiger partial charge in [0.05, 0.1) is 0 Å². The SMILES string of the molecule is CC1(c2cccc(Cl)c2)Oc2cc3cc(Br)c(Br)cc3cc2O1. The Balaban J connectivity index is 1.81. The minimum atomic E-state index is -0.876. The van der Waals surface area contributed by atoms with Crippen molar-refractivity contribution in [3.8, 4) is 11.5 Å². The Labute approximate surface area is 155 Å². The molecule has 1 heterocycles. The van der Waals surface area contributed by atoms with Gasteiger partial charge in [-0.2, -0.15) is 0 Å². The van der Waals surface area contributed by atoms with Crippen LogP contribution in [0.1, 0.15) is 12.5 Å². The molecule has 3 aromatic carbocycles. The van der Waals surface area contributed by atoms with E-state index in [-0.39, 0.29) is 0 Å². The van der Waals surface area contributed by atoms with Crippen LogP contribution in [0.4, 0.5) is 0 Å². The molecule has 0 radical (unpaired) electrons. The van der Waals surface area contributed by atoms with Crippen molar-refractivity contribution in [2.75, 3.05) is 0 Å². The van der Waals surface area contributed by atoms with E-state index in [0.29, 0.717) is 5.02 Å². The van der Waals surface area contributed by atoms with Crippen molar-refractivity contribution in [1.29, 1.82) is 0 Å². The predicted octanol–water partition coefficient (Wildman–Crippen LogP) is 6.66. The zero-order valence-electron chi connectivity index (χ0n) is 12.1. The topological polar surface area (TPSA) is 18.5 Å². The van der Waals surface area contributed by atoms with Gasteiger partial charge in [0.2, 0.25) is 0 Å². The highest BCUT2D eigenvalue weighted by atomic mass is 79.9. The maximum absolute atomic E-state index is 6.11. The van der Waals surface area contributed by atoms with Gasteiger partial charge in [0.15, 0.2) is 11.5 Å². The van der Waals surface area contributed by atoms with E-state index < -0.39 is 5.79 Å². The number of ether oxygens (including phenoxy) is 2. The molecule has 4 rings (SSSR count). The van der Waals surface area contributed by atoms with Gasteiger partial charge < -0.3 is 9.47 Å². The van der Waals surface area contributed by atoms with Crippen LogP contribution in [0.25, 0.3) is 10.8 Å². The molecule has 0 spiro atoms. The standard InChI is InChI=1S/C18H11Br2ClO2/c1-18(12-3-2-4-13(21)9-12)22-16-7-10-5-14(19)15(20)6-11(10)8-17(16)23-18/h2-9H,1H3. The van der Waals surface area contributed by atoms with Gasteiger partial charge in [0.25, 0.3) is 5.79 Å². The molecule has 0 saturated carbocycles. The monoisotopic (exact) mass is 452 g/mol. The molecule has 0 unspecified atom stereocenters. The highest BCUT2D eigenvalue weighted by molar-refractivity contribution is 9.13. The van der Waals surface area contributed by atoms with Gasteiger partial charge in [0.1, 0.15) is 0 Å². The Morgan fingerprint density at radius 2 is 1.43 bits per heavy atom. The van der Waals surface area contributed by atoms with Crippen LogP contribution in [0.2, 0.25) is 5.02 Å². The minimum absolute atomic E-state index is 0.657. The maximum Gasteiger partial charge on any atom is 0.275 e. The van der Waals surface area contributed by atoms with Gasteiger partial charge in [-0.1, -0.05) is 23.7 Å². The molecule has 1 aliphatic rings. The fourth-order valence-electron chi connectivity index (χ4n) is 2.74. The molecule has 5 heteroatoms. The zero-order valence-corrected chi connectivity index (χ0v) is 16.0. The highest BCUT2D eigenvalue weighted by Crippen LogP contribution is 2.46. The van der Waals surface area contributed by atoms with Gasteiger partial charge >= 0.3 is 0 Å². The minimum Gasteiger partial charge on any atom is -0.445 e. The lowest BCUT2D eigenvalue weighted by atomic mass is 10.1. The van der Waals surface area contributed by atoms with Gasteiger partial charge in [0, 0.05) is 26.5 Å². The van der Waals surface area contributed by atoms with E-state index in [1.54, 1.807) is 0 Å². The van der Waals surface area contributed by atoms with Crippen LogP contribution in [-0.2, 0) is 5.79 Å². The van der Waals surface area contributed by atoms with Crippen molar-refractivity contribution < 1.29 is 9.47 Å². The third-order valence-electron chi connectivity index (χ3n) is 3.90. The number of rotatable bonds is 1. The predicted molar refractivity (Wildman–Crippen MR) is 99.4 cm³/mol. The Hall–Kier alpha value is -1.23. The molecule has 1 aliphatic heterocycles. The fraction of sp³-hybridized carbons (Fsp3) is 0.111. The summed E-state index contributed by atoms with van der Waals surface area (Å²) in [5, 5.41) is 2.82. The van der Waals surface area contributed by atoms with Crippen molar-refractivity contribution in [3.63, 3.8) is 0 Å². The smallest absolute Gasteiger partial charge is 0.275 e. The molecule has 0 aliphatic carbocycles. The molecule has 0 N–H and O–H groups in total. The largest absolute Gasteiger partial charge is 0.445 e. The summed E-state index contributed by atoms with van der Waals surface area (Å²) in [7, 11) is 0. The summed E-state index contributed by atoms with van der Waals surface area (Å²) in [5.41, 5.74) is 0.882. The van der Waals surface area contributed by atoms with E-state index in [0.717, 1.165) is 36.8 Å². The Morgan fingerprint density at radius 1 is 0.870 bits per heavy atom. The zero-order chi connectivity index (χ0) is 16.2. The van der Waals surface area contributed by atoms with Crippen LogP contribution in [-0.4, -0.2) is 0 Å². The summed E-state index contributed by atoms with van der Waals surface area (Å²) in [6.07, 6.45) is 0. The first-order valence-electron chi connectivity index (χ1n) is 7.01. The van der Waals surface area contributed by atoms with E-state index in [9.17, 15) is 0 Å². The summed E-state index contributed by atoms with van der Waals surface area (Å²) in [4.78, 5) is 0. The molecule has 23 heavy (non-hydrogen) atoms. The van der Waals surface area contributed by atoms with E-state index in [2.05, 4.69) is 44.0 Å². The summed E-state index contributed by atoms with van der Waals surface area (Å²) in [5.74, 6) is 0.586. The lowest BCUT2D eigenvalue weighted by molar-refractivity contribution is -0.0679. The molecule has 116 valence electrons. The van der Waals surface area contributed by atoms with Crippen LogP contribution in [0, 0.1) is 0 Å². The average molecular weight is 455 g/mol. The van der Waals surface area contributed by atoms with E-state index in [1.165, 1.54) is 0 Å². The number of hydrogen-bond donors (Lipinski definition) is 0. The quantitative estimate of drug-likeness (QED) is 0.409. The second-order valence-corrected chi connectivity index (χ2v) is 7.72. The third-order valence-corrected chi connectivity index (χ3v) is 5.98. The molecule has 0 fully saturated rings. The first-order chi connectivity index (χ1) is 10.9. The lowest BCUT2D eigenvalue weighted by Crippen LogP contribution is -2.31. The van der Waals surface area contributed by atoms with Crippen LogP contribution in [0.3, 0.4) is 0 Å². The van der Waals surface area contributed by atoms with E-state index in [1.807, 2.05) is 43.3 Å². The first-order valence-corrected chi connectivity index (χ1v) is 8.98. The Kier molecular flexibility index (Phi) is 3.59. The summed E-state index contributed by atoms with van der Waals surface area (Å²) in [6, 6.07) is 15.6. The summed E-state index contributed by atoms with van der Waals surface area (Å²) in [6.45, 7) is 1.90. The average Bonchev–Trinajstić information content (AvgIpc) is 2.83. The van der Waals surface area contributed by atoms with Gasteiger partial charge in [-0.05, 0) is 79.0 Å². The van der Waals surface area contributed by atoms with Crippen LogP contribution in [0.5, 0.6) is 11.5 Å². The molecule has 0 saturated heterocycles. The highest BCUT2D eigenvalue weighted by Gasteiger charge is 2.39. The van der Waals surface area contributed by atoms with Crippen molar-refractivity contribution >= 4 is 54.2 Å². The van der Waals surface area contributed by atoms with Crippen molar-refractivity contribution in [1.82, 2.24) is 0 Å². The van der Waals surface area contributed by atoms with Gasteiger partial charge in [-0.25, -0.2) is 0 Å². The number of benzene rings is 3. The first kappa shape index (κ1) is 15.3. The van der Waals surface area contributed by atoms with Crippen LogP contribution >= 0.6 is 43.5 Å². The van der Waals surface area contributed by atoms with E-state index >= 15 is 0 Å². The lowest BCUT2D eigenvalue weighted by Gasteiger charge is -2.23. The van der Waals surface area contributed by atoms with Crippen LogP contribution < -0.4 is 9.47 Å². The second-order valence-electron chi connectivity index (χ2n) is 5.57. The van der Waals surface area contributed by atoms with Crippen molar-refractivity contribution in [3.05, 3.63) is 68.1 Å². The number of fused-ring (bicyclic) bond motifs is 2. The molecule has 0 atom stereocenters. The Morgan fingerprint density at radius 3 is 1.96 bits per heavy atom. The van der Waals surface area contributed by atoms with Gasteiger partial charge in [-0.15, -0.1) is 0 Å². The maximum atomic E-state index is 6.11. The third kappa shape index (κ3) is 2.63. The molecular formula is C18H11Br2ClO2. The molecule has 0 bridgehead atoms. The number of hydrogen-bond acceptors (Lipinski definition) is 2. The molecular weight excluding hydrogens is 443 g/mol. The van der Waals surface area contributed by atoms with Crippen LogP contribution in [0.15, 0.2) is 57.5 Å². The van der Waals surface area contributed by atoms with Gasteiger partial charge in [-0.3, -0.25) is 0 Å². The second kappa shape index (κ2) is 5.40. The Bertz CT molecular complexity index is 889. The van der Waals surface area contributed by atoms with E-state index in [4.69, 9.17) is 21.1 Å². The molecule has 0 aromatic heterocycles. The van der Waals surface area contributed by atoms with Crippen molar-refractivity contribution in [2.24, 2.45) is 0 Å². The molecule has 3 aromatic rings. The number of halogens is 3. The van der Waals surface area contributed by atoms with Crippen molar-refractivity contribution in [2.45, 2.75) is 12.7 Å². The molecule has 0 amide bonds. The fourth-order valence-corrected chi connectivity index (χ4v) is 3.65. The summed E-state index contributed by atoms with van der Waals surface area (Å²) < 4.78 is 14.2. The molecule has 2 nitrogen and oxygen atoms in total.